The molecule has 0 aliphatic carbocycles. The number of hydrogen-bond acceptors (Lipinski definition) is 3. The molecule has 140 valence electrons. The fourth-order valence-corrected chi connectivity index (χ4v) is 2.67. The average molecular weight is 341 g/mol. The molecule has 0 radical (unpaired) electrons. The molecule has 0 aliphatic heterocycles. The highest BCUT2D eigenvalue weighted by molar-refractivity contribution is 5.82. The third kappa shape index (κ3) is 14.3. The number of rotatable bonds is 14. The van der Waals surface area contributed by atoms with Crippen LogP contribution in [-0.4, -0.2) is 23.7 Å². The van der Waals surface area contributed by atoms with Crippen LogP contribution >= 0.6 is 0 Å². The summed E-state index contributed by atoms with van der Waals surface area (Å²) in [7, 11) is 0. The summed E-state index contributed by atoms with van der Waals surface area (Å²) in [6.07, 6.45) is 10.5. The fourth-order valence-electron chi connectivity index (χ4n) is 2.67. The normalized spacial score (nSPS) is 14.2. The molecule has 2 atom stereocenters. The van der Waals surface area contributed by atoms with E-state index in [-0.39, 0.29) is 18.3 Å². The number of ether oxygens (including phenoxy) is 1. The highest BCUT2D eigenvalue weighted by Crippen LogP contribution is 2.16. The van der Waals surface area contributed by atoms with E-state index >= 15 is 0 Å². The van der Waals surface area contributed by atoms with Crippen LogP contribution in [0.25, 0.3) is 0 Å². The van der Waals surface area contributed by atoms with Crippen LogP contribution in [0.15, 0.2) is 11.6 Å². The number of carbonyl (C=O) groups is 2. The molecule has 4 heteroatoms. The van der Waals surface area contributed by atoms with E-state index in [4.69, 9.17) is 9.84 Å². The first-order valence-electron chi connectivity index (χ1n) is 9.40. The Bertz CT molecular complexity index is 387. The summed E-state index contributed by atoms with van der Waals surface area (Å²) in [6, 6.07) is 0. The van der Waals surface area contributed by atoms with E-state index in [1.807, 2.05) is 13.8 Å². The van der Waals surface area contributed by atoms with Crippen molar-refractivity contribution in [1.82, 2.24) is 0 Å². The van der Waals surface area contributed by atoms with Crippen LogP contribution < -0.4 is 0 Å². The minimum Gasteiger partial charge on any atom is -0.481 e. The number of unbranched alkanes of at least 4 members (excludes halogenated alkanes) is 3. The predicted octanol–water partition coefficient (Wildman–Crippen LogP) is 5.36. The Hall–Kier alpha value is -1.32. The number of aliphatic carboxylic acids is 1. The van der Waals surface area contributed by atoms with Crippen molar-refractivity contribution < 1.29 is 19.4 Å². The lowest BCUT2D eigenvalue weighted by atomic mass is 9.97. The Kier molecular flexibility index (Phi) is 13.3. The second kappa shape index (κ2) is 14.1. The van der Waals surface area contributed by atoms with Crippen LogP contribution in [0.2, 0.25) is 0 Å². The van der Waals surface area contributed by atoms with E-state index in [2.05, 4.69) is 13.8 Å². The van der Waals surface area contributed by atoms with Crippen molar-refractivity contribution >= 4 is 11.9 Å². The van der Waals surface area contributed by atoms with Gasteiger partial charge in [-0.05, 0) is 38.0 Å². The van der Waals surface area contributed by atoms with Gasteiger partial charge in [-0.15, -0.1) is 0 Å². The van der Waals surface area contributed by atoms with Gasteiger partial charge in [0.05, 0.1) is 6.61 Å². The SMILES string of the molecule is CCCCCCC(C)=CC(=O)OCC(C)CCCC(C)CC(=O)O. The van der Waals surface area contributed by atoms with Gasteiger partial charge in [-0.1, -0.05) is 58.4 Å². The molecule has 0 saturated carbocycles. The van der Waals surface area contributed by atoms with E-state index < -0.39 is 5.97 Å². The predicted molar refractivity (Wildman–Crippen MR) is 97.9 cm³/mol. The number of esters is 1. The van der Waals surface area contributed by atoms with Gasteiger partial charge in [0.15, 0.2) is 0 Å². The van der Waals surface area contributed by atoms with Crippen molar-refractivity contribution in [3.8, 4) is 0 Å². The van der Waals surface area contributed by atoms with Crippen molar-refractivity contribution in [1.29, 1.82) is 0 Å². The first kappa shape index (κ1) is 22.7. The molecule has 0 bridgehead atoms. The van der Waals surface area contributed by atoms with Crippen LogP contribution in [0.5, 0.6) is 0 Å². The summed E-state index contributed by atoms with van der Waals surface area (Å²) in [5.74, 6) is -0.463. The van der Waals surface area contributed by atoms with Gasteiger partial charge in [-0.3, -0.25) is 4.79 Å². The first-order chi connectivity index (χ1) is 11.3. The molecule has 0 aromatic heterocycles. The van der Waals surface area contributed by atoms with Gasteiger partial charge in [-0.2, -0.15) is 0 Å². The van der Waals surface area contributed by atoms with Crippen LogP contribution in [0.3, 0.4) is 0 Å². The molecule has 0 amide bonds. The standard InChI is InChI=1S/C20H36O4/c1-5-6-7-8-10-17(3)14-20(23)24-15-18(4)12-9-11-16(2)13-19(21)22/h14,16,18H,5-13,15H2,1-4H3,(H,21,22). The quantitative estimate of drug-likeness (QED) is 0.262. The molecule has 24 heavy (non-hydrogen) atoms. The molecule has 0 heterocycles. The number of carboxylic acid groups (broad SMARTS) is 1. The van der Waals surface area contributed by atoms with Crippen LogP contribution in [0.4, 0.5) is 0 Å². The van der Waals surface area contributed by atoms with Crippen molar-refractivity contribution in [2.75, 3.05) is 6.61 Å². The lowest BCUT2D eigenvalue weighted by Crippen LogP contribution is -2.11. The topological polar surface area (TPSA) is 63.6 Å². The van der Waals surface area contributed by atoms with Crippen LogP contribution in [0.1, 0.15) is 85.5 Å². The third-order valence-electron chi connectivity index (χ3n) is 4.22. The Balaban J connectivity index is 3.82. The lowest BCUT2D eigenvalue weighted by Gasteiger charge is -2.13. The molecule has 0 spiro atoms. The second-order valence-electron chi connectivity index (χ2n) is 7.17. The summed E-state index contributed by atoms with van der Waals surface area (Å²) in [6.45, 7) is 8.64. The zero-order valence-corrected chi connectivity index (χ0v) is 16.0. The minimum absolute atomic E-state index is 0.204. The molecular weight excluding hydrogens is 304 g/mol. The maximum Gasteiger partial charge on any atom is 0.330 e. The Morgan fingerprint density at radius 1 is 1.04 bits per heavy atom. The third-order valence-corrected chi connectivity index (χ3v) is 4.22. The lowest BCUT2D eigenvalue weighted by molar-refractivity contribution is -0.139. The molecular formula is C20H36O4. The molecule has 0 fully saturated rings. The summed E-state index contributed by atoms with van der Waals surface area (Å²) in [5, 5.41) is 8.73. The first-order valence-corrected chi connectivity index (χ1v) is 9.40. The molecule has 0 rings (SSSR count). The van der Waals surface area contributed by atoms with Crippen LogP contribution in [-0.2, 0) is 14.3 Å². The van der Waals surface area contributed by atoms with Gasteiger partial charge >= 0.3 is 11.9 Å². The second-order valence-corrected chi connectivity index (χ2v) is 7.17. The smallest absolute Gasteiger partial charge is 0.330 e. The largest absolute Gasteiger partial charge is 0.481 e. The molecule has 0 aliphatic rings. The van der Waals surface area contributed by atoms with Gasteiger partial charge < -0.3 is 9.84 Å². The zero-order valence-electron chi connectivity index (χ0n) is 16.0. The average Bonchev–Trinajstić information content (AvgIpc) is 2.49. The Labute approximate surface area is 147 Å². The van der Waals surface area contributed by atoms with Crippen molar-refractivity contribution in [3.63, 3.8) is 0 Å². The molecule has 1 N–H and O–H groups in total. The molecule has 0 saturated heterocycles. The minimum atomic E-state index is -0.735. The summed E-state index contributed by atoms with van der Waals surface area (Å²) >= 11 is 0. The molecule has 0 aromatic rings. The van der Waals surface area contributed by atoms with E-state index in [0.717, 1.165) is 37.7 Å². The highest BCUT2D eigenvalue weighted by atomic mass is 16.5. The highest BCUT2D eigenvalue weighted by Gasteiger charge is 2.10. The maximum atomic E-state index is 11.8. The number of carbonyl (C=O) groups excluding carboxylic acids is 1. The Morgan fingerprint density at radius 3 is 2.33 bits per heavy atom. The van der Waals surface area contributed by atoms with Crippen molar-refractivity contribution in [2.45, 2.75) is 85.5 Å². The number of hydrogen-bond donors (Lipinski definition) is 1. The molecule has 4 nitrogen and oxygen atoms in total. The molecule has 0 aromatic carbocycles. The number of carboxylic acids is 1. The van der Waals surface area contributed by atoms with Gasteiger partial charge in [0.1, 0.15) is 0 Å². The van der Waals surface area contributed by atoms with E-state index in [1.54, 1.807) is 6.08 Å². The van der Waals surface area contributed by atoms with Crippen LogP contribution in [0, 0.1) is 11.8 Å². The fraction of sp³-hybridized carbons (Fsp3) is 0.800. The Morgan fingerprint density at radius 2 is 1.71 bits per heavy atom. The summed E-state index contributed by atoms with van der Waals surface area (Å²) in [4.78, 5) is 22.4. The van der Waals surface area contributed by atoms with E-state index in [0.29, 0.717) is 12.5 Å². The van der Waals surface area contributed by atoms with Gasteiger partial charge in [0.25, 0.3) is 0 Å². The molecule has 2 unspecified atom stereocenters. The van der Waals surface area contributed by atoms with E-state index in [9.17, 15) is 9.59 Å². The summed E-state index contributed by atoms with van der Waals surface area (Å²) in [5.41, 5.74) is 1.09. The van der Waals surface area contributed by atoms with Gasteiger partial charge in [0, 0.05) is 12.5 Å². The maximum absolute atomic E-state index is 11.8. The monoisotopic (exact) mass is 340 g/mol. The van der Waals surface area contributed by atoms with Crippen molar-refractivity contribution in [3.05, 3.63) is 11.6 Å². The number of allylic oxidation sites excluding steroid dienone is 1. The van der Waals surface area contributed by atoms with E-state index in [1.165, 1.54) is 19.3 Å². The van der Waals surface area contributed by atoms with Crippen molar-refractivity contribution in [2.24, 2.45) is 11.8 Å². The van der Waals surface area contributed by atoms with Gasteiger partial charge in [0.2, 0.25) is 0 Å². The summed E-state index contributed by atoms with van der Waals surface area (Å²) < 4.78 is 5.31. The zero-order chi connectivity index (χ0) is 18.4. The van der Waals surface area contributed by atoms with Gasteiger partial charge in [-0.25, -0.2) is 4.79 Å².